The summed E-state index contributed by atoms with van der Waals surface area (Å²) in [5.74, 6) is 1.06. The topological polar surface area (TPSA) is 92.1 Å². The summed E-state index contributed by atoms with van der Waals surface area (Å²) in [6.07, 6.45) is 3.39. The van der Waals surface area contributed by atoms with E-state index in [4.69, 9.17) is 0 Å². The highest BCUT2D eigenvalue weighted by atomic mass is 16.2. The fraction of sp³-hybridized carbons (Fsp3) is 0.300. The lowest BCUT2D eigenvalue weighted by atomic mass is 10.1. The quantitative estimate of drug-likeness (QED) is 0.709. The van der Waals surface area contributed by atoms with Crippen molar-refractivity contribution < 1.29 is 4.79 Å². The van der Waals surface area contributed by atoms with Crippen molar-refractivity contribution >= 4 is 23.4 Å². The van der Waals surface area contributed by atoms with Gasteiger partial charge in [0.05, 0.1) is 12.2 Å². The molecule has 0 unspecified atom stereocenters. The minimum absolute atomic E-state index is 0.106. The molecule has 2 aromatic heterocycles. The maximum absolute atomic E-state index is 13.3. The number of amides is 1. The molecule has 1 aromatic carbocycles. The first-order chi connectivity index (χ1) is 14.0. The predicted molar refractivity (Wildman–Crippen MR) is 111 cm³/mol. The Kier molecular flexibility index (Phi) is 5.11. The number of anilines is 3. The molecule has 3 aromatic rings. The first kappa shape index (κ1) is 18.9. The Labute approximate surface area is 169 Å². The number of fused-ring (bicyclic) bond motifs is 1. The van der Waals surface area contributed by atoms with E-state index in [1.165, 1.54) is 0 Å². The van der Waals surface area contributed by atoms with Gasteiger partial charge in [-0.15, -0.1) is 5.10 Å². The lowest BCUT2D eigenvalue weighted by molar-refractivity contribution is 0.0989. The first-order valence-electron chi connectivity index (χ1n) is 9.50. The summed E-state index contributed by atoms with van der Waals surface area (Å²) in [7, 11) is 1.94. The number of nitrogens with zero attached hydrogens (tertiary/aromatic N) is 7. The second-order valence-corrected chi connectivity index (χ2v) is 6.92. The molecule has 0 atom stereocenters. The molecule has 1 radical (unpaired) electrons. The highest BCUT2D eigenvalue weighted by molar-refractivity contribution is 6.09. The van der Waals surface area contributed by atoms with Gasteiger partial charge in [0.25, 0.3) is 5.91 Å². The maximum Gasteiger partial charge on any atom is 0.263 e. The van der Waals surface area contributed by atoms with Crippen molar-refractivity contribution in [2.45, 2.75) is 13.5 Å². The van der Waals surface area contributed by atoms with Crippen LogP contribution in [0.2, 0.25) is 0 Å². The van der Waals surface area contributed by atoms with Crippen LogP contribution in [0.25, 0.3) is 0 Å². The number of aromatic nitrogens is 5. The van der Waals surface area contributed by atoms with E-state index in [2.05, 4.69) is 32.5 Å². The SMILES string of the molecule is [CH2]c1cn(Cc2cccc(N3CCN(C)c4nc(NCC)ncc4C3=O)c2)nn1. The van der Waals surface area contributed by atoms with Gasteiger partial charge in [-0.05, 0) is 31.5 Å². The van der Waals surface area contributed by atoms with Crippen LogP contribution in [0.15, 0.2) is 36.7 Å². The lowest BCUT2D eigenvalue weighted by Crippen LogP contribution is -2.33. The average Bonchev–Trinajstić information content (AvgIpc) is 3.07. The van der Waals surface area contributed by atoms with E-state index in [0.29, 0.717) is 42.7 Å². The molecule has 0 aliphatic carbocycles. The third-order valence-electron chi connectivity index (χ3n) is 4.75. The number of benzene rings is 1. The third kappa shape index (κ3) is 3.89. The molecule has 0 fully saturated rings. The van der Waals surface area contributed by atoms with Crippen LogP contribution in [0.1, 0.15) is 28.5 Å². The van der Waals surface area contributed by atoms with Gasteiger partial charge in [-0.1, -0.05) is 17.3 Å². The predicted octanol–water partition coefficient (Wildman–Crippen LogP) is 1.83. The standard InChI is InChI=1S/C20H23N8O/c1-4-21-20-22-11-17-18(23-20)26(3)8-9-28(19(17)29)16-7-5-6-15(10-16)13-27-12-14(2)24-25-27/h5-7,10-12H,2,4,8-9,13H2,1,3H3,(H,21,22,23). The zero-order valence-corrected chi connectivity index (χ0v) is 16.5. The Hall–Kier alpha value is -3.49. The maximum atomic E-state index is 13.3. The average molecular weight is 391 g/mol. The fourth-order valence-electron chi connectivity index (χ4n) is 3.33. The number of carbonyl (C=O) groups is 1. The molecule has 9 nitrogen and oxygen atoms in total. The lowest BCUT2D eigenvalue weighted by Gasteiger charge is -2.21. The number of nitrogens with one attached hydrogen (secondary N) is 1. The Balaban J connectivity index is 1.63. The van der Waals surface area contributed by atoms with Gasteiger partial charge in [0.2, 0.25) is 5.95 Å². The van der Waals surface area contributed by atoms with Crippen LogP contribution in [0.4, 0.5) is 17.5 Å². The van der Waals surface area contributed by atoms with Crippen LogP contribution in [-0.2, 0) is 6.54 Å². The van der Waals surface area contributed by atoms with Crippen LogP contribution < -0.4 is 15.1 Å². The van der Waals surface area contributed by atoms with E-state index in [9.17, 15) is 4.79 Å². The number of hydrogen-bond donors (Lipinski definition) is 1. The van der Waals surface area contributed by atoms with Crippen LogP contribution in [0.3, 0.4) is 0 Å². The van der Waals surface area contributed by atoms with Gasteiger partial charge in [0.15, 0.2) is 0 Å². The van der Waals surface area contributed by atoms with Crippen molar-refractivity contribution in [2.24, 2.45) is 0 Å². The van der Waals surface area contributed by atoms with Gasteiger partial charge >= 0.3 is 0 Å². The van der Waals surface area contributed by atoms with E-state index < -0.39 is 0 Å². The van der Waals surface area contributed by atoms with Gasteiger partial charge in [0.1, 0.15) is 11.4 Å². The van der Waals surface area contributed by atoms with Crippen molar-refractivity contribution in [3.63, 3.8) is 0 Å². The summed E-state index contributed by atoms with van der Waals surface area (Å²) in [4.78, 5) is 25.9. The molecular weight excluding hydrogens is 368 g/mol. The van der Waals surface area contributed by atoms with Crippen LogP contribution >= 0.6 is 0 Å². The Morgan fingerprint density at radius 1 is 1.28 bits per heavy atom. The minimum atomic E-state index is -0.106. The fourth-order valence-corrected chi connectivity index (χ4v) is 3.33. The molecule has 1 aliphatic rings. The van der Waals surface area contributed by atoms with E-state index in [-0.39, 0.29) is 5.91 Å². The van der Waals surface area contributed by atoms with Gasteiger partial charge in [0, 0.05) is 44.8 Å². The van der Waals surface area contributed by atoms with Gasteiger partial charge < -0.3 is 15.1 Å². The molecule has 0 saturated heterocycles. The Morgan fingerprint density at radius 3 is 2.90 bits per heavy atom. The van der Waals surface area contributed by atoms with Crippen LogP contribution in [-0.4, -0.2) is 57.6 Å². The Bertz CT molecular complexity index is 1030. The zero-order valence-electron chi connectivity index (χ0n) is 16.5. The largest absolute Gasteiger partial charge is 0.357 e. The number of likely N-dealkylation sites (N-methyl/N-ethyl adjacent to an activating group) is 1. The van der Waals surface area contributed by atoms with E-state index >= 15 is 0 Å². The molecule has 1 aliphatic heterocycles. The van der Waals surface area contributed by atoms with E-state index in [0.717, 1.165) is 17.8 Å². The molecule has 29 heavy (non-hydrogen) atoms. The van der Waals surface area contributed by atoms with Crippen molar-refractivity contribution in [3.8, 4) is 0 Å². The molecule has 149 valence electrons. The highest BCUT2D eigenvalue weighted by Gasteiger charge is 2.28. The summed E-state index contributed by atoms with van der Waals surface area (Å²) in [5.41, 5.74) is 2.98. The van der Waals surface area contributed by atoms with Crippen molar-refractivity contribution in [1.82, 2.24) is 25.0 Å². The third-order valence-corrected chi connectivity index (χ3v) is 4.75. The smallest absolute Gasteiger partial charge is 0.263 e. The van der Waals surface area contributed by atoms with Crippen molar-refractivity contribution in [3.05, 3.63) is 60.4 Å². The summed E-state index contributed by atoms with van der Waals surface area (Å²) in [6.45, 7) is 8.25. The minimum Gasteiger partial charge on any atom is -0.357 e. The van der Waals surface area contributed by atoms with Crippen molar-refractivity contribution in [2.75, 3.05) is 41.8 Å². The molecule has 1 amide bonds. The number of hydrogen-bond acceptors (Lipinski definition) is 7. The molecule has 0 bridgehead atoms. The molecule has 0 spiro atoms. The Morgan fingerprint density at radius 2 is 2.14 bits per heavy atom. The molecule has 1 N–H and O–H groups in total. The van der Waals surface area contributed by atoms with E-state index in [1.807, 2.05) is 43.1 Å². The molecule has 0 saturated carbocycles. The summed E-state index contributed by atoms with van der Waals surface area (Å²) in [6, 6.07) is 7.89. The normalized spacial score (nSPS) is 14.0. The number of rotatable bonds is 5. The highest BCUT2D eigenvalue weighted by Crippen LogP contribution is 2.27. The summed E-state index contributed by atoms with van der Waals surface area (Å²) in [5, 5.41) is 11.1. The molecular formula is C20H23N8O. The van der Waals surface area contributed by atoms with Gasteiger partial charge in [-0.2, -0.15) is 4.98 Å². The van der Waals surface area contributed by atoms with Gasteiger partial charge in [-0.3, -0.25) is 4.79 Å². The number of carbonyl (C=O) groups excluding carboxylic acids is 1. The molecule has 9 heteroatoms. The first-order valence-corrected chi connectivity index (χ1v) is 9.50. The summed E-state index contributed by atoms with van der Waals surface area (Å²) < 4.78 is 1.73. The monoisotopic (exact) mass is 391 g/mol. The van der Waals surface area contributed by atoms with Crippen molar-refractivity contribution in [1.29, 1.82) is 0 Å². The second kappa shape index (κ2) is 7.86. The molecule has 4 rings (SSSR count). The van der Waals surface area contributed by atoms with Gasteiger partial charge in [-0.25, -0.2) is 9.67 Å². The van der Waals surface area contributed by atoms with Crippen LogP contribution in [0, 0.1) is 6.92 Å². The molecule has 3 heterocycles. The van der Waals surface area contributed by atoms with E-state index in [1.54, 1.807) is 22.0 Å². The van der Waals surface area contributed by atoms with Crippen LogP contribution in [0.5, 0.6) is 0 Å². The second-order valence-electron chi connectivity index (χ2n) is 6.92. The zero-order chi connectivity index (χ0) is 20.4. The summed E-state index contributed by atoms with van der Waals surface area (Å²) >= 11 is 0.